The molecule has 2 aromatic rings. The highest BCUT2D eigenvalue weighted by atomic mass is 16.5. The lowest BCUT2D eigenvalue weighted by molar-refractivity contribution is -0.150. The smallest absolute Gasteiger partial charge is 0.326 e. The molecule has 1 heterocycles. The van der Waals surface area contributed by atoms with E-state index in [-0.39, 0.29) is 0 Å². The van der Waals surface area contributed by atoms with Crippen molar-refractivity contribution >= 4 is 29.5 Å². The Bertz CT molecular complexity index is 943. The number of rotatable bonds is 6. The SMILES string of the molecule is Cc1ccc([C@@]2(C)NC(=O)N(CC(=O)OCC(=O)Nc3ccccc3)C2=O)cc1. The van der Waals surface area contributed by atoms with Gasteiger partial charge in [-0.15, -0.1) is 0 Å². The first kappa shape index (κ1) is 20.1. The number of nitrogens with one attached hydrogen (secondary N) is 2. The van der Waals surface area contributed by atoms with Gasteiger partial charge in [0.25, 0.3) is 11.8 Å². The fourth-order valence-electron chi connectivity index (χ4n) is 2.96. The van der Waals surface area contributed by atoms with E-state index in [0.29, 0.717) is 11.3 Å². The predicted molar refractivity (Wildman–Crippen MR) is 105 cm³/mol. The van der Waals surface area contributed by atoms with Crippen LogP contribution in [0.2, 0.25) is 0 Å². The molecule has 0 aromatic heterocycles. The van der Waals surface area contributed by atoms with Crippen LogP contribution in [0.25, 0.3) is 0 Å². The van der Waals surface area contributed by atoms with Gasteiger partial charge in [0.05, 0.1) is 0 Å². The van der Waals surface area contributed by atoms with E-state index in [1.165, 1.54) is 0 Å². The second kappa shape index (κ2) is 8.14. The fourth-order valence-corrected chi connectivity index (χ4v) is 2.96. The number of benzene rings is 2. The van der Waals surface area contributed by atoms with Crippen molar-refractivity contribution in [1.29, 1.82) is 0 Å². The van der Waals surface area contributed by atoms with Gasteiger partial charge < -0.3 is 15.4 Å². The number of carbonyl (C=O) groups excluding carboxylic acids is 4. The molecule has 29 heavy (non-hydrogen) atoms. The lowest BCUT2D eigenvalue weighted by Crippen LogP contribution is -2.41. The molecule has 4 amide bonds. The molecule has 0 saturated carbocycles. The highest BCUT2D eigenvalue weighted by Crippen LogP contribution is 2.28. The summed E-state index contributed by atoms with van der Waals surface area (Å²) in [6.07, 6.45) is 0. The molecule has 2 N–H and O–H groups in total. The number of imide groups is 1. The monoisotopic (exact) mass is 395 g/mol. The number of carbonyl (C=O) groups is 4. The van der Waals surface area contributed by atoms with Crippen LogP contribution in [0, 0.1) is 6.92 Å². The summed E-state index contributed by atoms with van der Waals surface area (Å²) < 4.78 is 4.90. The van der Waals surface area contributed by atoms with Crippen LogP contribution in [0.3, 0.4) is 0 Å². The largest absolute Gasteiger partial charge is 0.454 e. The van der Waals surface area contributed by atoms with Gasteiger partial charge in [0.15, 0.2) is 6.61 Å². The van der Waals surface area contributed by atoms with E-state index >= 15 is 0 Å². The molecular weight excluding hydrogens is 374 g/mol. The summed E-state index contributed by atoms with van der Waals surface area (Å²) in [5.41, 5.74) is 0.926. The molecule has 0 bridgehead atoms. The van der Waals surface area contributed by atoms with Crippen molar-refractivity contribution in [3.63, 3.8) is 0 Å². The number of hydrogen-bond donors (Lipinski definition) is 2. The number of para-hydroxylation sites is 1. The lowest BCUT2D eigenvalue weighted by atomic mass is 9.91. The Morgan fingerprint density at radius 2 is 1.72 bits per heavy atom. The van der Waals surface area contributed by atoms with Crippen LogP contribution in [-0.2, 0) is 24.7 Å². The third-order valence-corrected chi connectivity index (χ3v) is 4.61. The Morgan fingerprint density at radius 3 is 2.38 bits per heavy atom. The molecule has 2 aromatic carbocycles. The fraction of sp³-hybridized carbons (Fsp3) is 0.238. The van der Waals surface area contributed by atoms with Crippen LogP contribution < -0.4 is 10.6 Å². The third-order valence-electron chi connectivity index (χ3n) is 4.61. The van der Waals surface area contributed by atoms with Gasteiger partial charge in [-0.25, -0.2) is 4.79 Å². The van der Waals surface area contributed by atoms with Crippen molar-refractivity contribution in [2.45, 2.75) is 19.4 Å². The van der Waals surface area contributed by atoms with E-state index in [9.17, 15) is 19.2 Å². The Balaban J connectivity index is 1.57. The molecule has 150 valence electrons. The van der Waals surface area contributed by atoms with Crippen molar-refractivity contribution < 1.29 is 23.9 Å². The Kier molecular flexibility index (Phi) is 5.63. The summed E-state index contributed by atoms with van der Waals surface area (Å²) in [6, 6.07) is 15.2. The normalized spacial score (nSPS) is 18.3. The minimum Gasteiger partial charge on any atom is -0.454 e. The molecule has 0 radical (unpaired) electrons. The molecule has 1 aliphatic heterocycles. The zero-order valence-electron chi connectivity index (χ0n) is 16.1. The first-order valence-electron chi connectivity index (χ1n) is 9.01. The quantitative estimate of drug-likeness (QED) is 0.575. The lowest BCUT2D eigenvalue weighted by Gasteiger charge is -2.22. The van der Waals surface area contributed by atoms with Crippen molar-refractivity contribution in [3.05, 3.63) is 65.7 Å². The van der Waals surface area contributed by atoms with Gasteiger partial charge in [-0.1, -0.05) is 48.0 Å². The first-order chi connectivity index (χ1) is 13.8. The minimum atomic E-state index is -1.27. The summed E-state index contributed by atoms with van der Waals surface area (Å²) in [5.74, 6) is -1.94. The van der Waals surface area contributed by atoms with E-state index in [1.807, 2.05) is 19.1 Å². The van der Waals surface area contributed by atoms with E-state index in [1.54, 1.807) is 49.4 Å². The van der Waals surface area contributed by atoms with Crippen molar-refractivity contribution in [3.8, 4) is 0 Å². The minimum absolute atomic E-state index is 0.521. The molecular formula is C21H21N3O5. The number of urea groups is 1. The average Bonchev–Trinajstić information content (AvgIpc) is 2.91. The van der Waals surface area contributed by atoms with Crippen LogP contribution in [-0.4, -0.2) is 41.9 Å². The number of esters is 1. The summed E-state index contributed by atoms with van der Waals surface area (Å²) in [4.78, 5) is 49.8. The van der Waals surface area contributed by atoms with Gasteiger partial charge in [-0.3, -0.25) is 19.3 Å². The number of nitrogens with zero attached hydrogens (tertiary/aromatic N) is 1. The maximum atomic E-state index is 12.8. The highest BCUT2D eigenvalue weighted by Gasteiger charge is 2.49. The molecule has 3 rings (SSSR count). The standard InChI is InChI=1S/C21H21N3O5/c1-14-8-10-15(11-9-14)21(2)19(27)24(20(28)23-21)12-18(26)29-13-17(25)22-16-6-4-3-5-7-16/h3-11H,12-13H2,1-2H3,(H,22,25)(H,23,28)/t21-/m1/s1. The number of amides is 4. The molecule has 0 aliphatic carbocycles. The second-order valence-electron chi connectivity index (χ2n) is 6.89. The van der Waals surface area contributed by atoms with Crippen molar-refractivity contribution in [2.24, 2.45) is 0 Å². The van der Waals surface area contributed by atoms with Gasteiger partial charge in [-0.2, -0.15) is 0 Å². The maximum Gasteiger partial charge on any atom is 0.326 e. The maximum absolute atomic E-state index is 12.8. The second-order valence-corrected chi connectivity index (χ2v) is 6.89. The molecule has 1 fully saturated rings. The van der Waals surface area contributed by atoms with Crippen LogP contribution in [0.5, 0.6) is 0 Å². The summed E-state index contributed by atoms with van der Waals surface area (Å²) in [7, 11) is 0. The van der Waals surface area contributed by atoms with Gasteiger partial charge in [-0.05, 0) is 31.5 Å². The number of aryl methyl sites for hydroxylation is 1. The molecule has 1 aliphatic rings. The summed E-state index contributed by atoms with van der Waals surface area (Å²) in [5, 5.41) is 5.19. The van der Waals surface area contributed by atoms with Gasteiger partial charge in [0, 0.05) is 5.69 Å². The molecule has 0 spiro atoms. The van der Waals surface area contributed by atoms with E-state index in [2.05, 4.69) is 10.6 Å². The van der Waals surface area contributed by atoms with Gasteiger partial charge >= 0.3 is 12.0 Å². The molecule has 1 saturated heterocycles. The Hall–Kier alpha value is -3.68. The molecule has 1 atom stereocenters. The number of ether oxygens (including phenoxy) is 1. The van der Waals surface area contributed by atoms with Crippen molar-refractivity contribution in [2.75, 3.05) is 18.5 Å². The molecule has 0 unspecified atom stereocenters. The number of anilines is 1. The van der Waals surface area contributed by atoms with E-state index < -0.39 is 42.5 Å². The molecule has 8 heteroatoms. The van der Waals surface area contributed by atoms with Crippen LogP contribution >= 0.6 is 0 Å². The average molecular weight is 395 g/mol. The van der Waals surface area contributed by atoms with E-state index in [0.717, 1.165) is 10.5 Å². The Morgan fingerprint density at radius 1 is 1.07 bits per heavy atom. The van der Waals surface area contributed by atoms with Crippen LogP contribution in [0.15, 0.2) is 54.6 Å². The van der Waals surface area contributed by atoms with Crippen LogP contribution in [0.1, 0.15) is 18.1 Å². The summed E-state index contributed by atoms with van der Waals surface area (Å²) >= 11 is 0. The predicted octanol–water partition coefficient (Wildman–Crippen LogP) is 1.94. The summed E-state index contributed by atoms with van der Waals surface area (Å²) in [6.45, 7) is 2.39. The zero-order valence-corrected chi connectivity index (χ0v) is 16.1. The number of hydrogen-bond acceptors (Lipinski definition) is 5. The first-order valence-corrected chi connectivity index (χ1v) is 9.01. The third kappa shape index (κ3) is 4.43. The topological polar surface area (TPSA) is 105 Å². The Labute approximate surface area is 167 Å². The van der Waals surface area contributed by atoms with Crippen molar-refractivity contribution in [1.82, 2.24) is 10.2 Å². The molecule has 8 nitrogen and oxygen atoms in total. The van der Waals surface area contributed by atoms with Gasteiger partial charge in [0.1, 0.15) is 12.1 Å². The van der Waals surface area contributed by atoms with Gasteiger partial charge in [0.2, 0.25) is 0 Å². The van der Waals surface area contributed by atoms with Crippen LogP contribution in [0.4, 0.5) is 10.5 Å². The van der Waals surface area contributed by atoms with E-state index in [4.69, 9.17) is 4.74 Å². The zero-order chi connectivity index (χ0) is 21.0. The highest BCUT2D eigenvalue weighted by molar-refractivity contribution is 6.09.